The van der Waals surface area contributed by atoms with Crippen LogP contribution in [0.3, 0.4) is 0 Å². The number of aryl methyl sites for hydroxylation is 1. The number of hydrogen-bond donors (Lipinski definition) is 0. The van der Waals surface area contributed by atoms with E-state index in [1.54, 1.807) is 6.07 Å². The molecule has 0 spiro atoms. The minimum atomic E-state index is -0.0146. The summed E-state index contributed by atoms with van der Waals surface area (Å²) in [7, 11) is 0. The summed E-state index contributed by atoms with van der Waals surface area (Å²) in [6.45, 7) is 6.97. The Morgan fingerprint density at radius 3 is 2.35 bits per heavy atom. The van der Waals surface area contributed by atoms with Crippen molar-refractivity contribution in [2.75, 3.05) is 45.8 Å². The second kappa shape index (κ2) is 7.08. The Bertz CT molecular complexity index is 576. The highest BCUT2D eigenvalue weighted by atomic mass is 16.2. The van der Waals surface area contributed by atoms with Gasteiger partial charge in [-0.1, -0.05) is 6.07 Å². The van der Waals surface area contributed by atoms with Crippen LogP contribution >= 0.6 is 0 Å². The van der Waals surface area contributed by atoms with Gasteiger partial charge < -0.3 is 9.80 Å². The maximum absolute atomic E-state index is 12.5. The molecule has 0 atom stereocenters. The van der Waals surface area contributed by atoms with E-state index in [9.17, 15) is 9.59 Å². The van der Waals surface area contributed by atoms with Gasteiger partial charge in [-0.3, -0.25) is 14.5 Å². The number of aromatic nitrogens is 1. The smallest absolute Gasteiger partial charge is 0.272 e. The van der Waals surface area contributed by atoms with E-state index in [-0.39, 0.29) is 11.8 Å². The van der Waals surface area contributed by atoms with Gasteiger partial charge in [0.25, 0.3) is 5.91 Å². The zero-order valence-electron chi connectivity index (χ0n) is 13.7. The number of amides is 2. The van der Waals surface area contributed by atoms with Crippen LogP contribution in [0.1, 0.15) is 29.0 Å². The number of nitrogens with zero attached hydrogens (tertiary/aromatic N) is 4. The highest BCUT2D eigenvalue weighted by Crippen LogP contribution is 2.11. The number of hydrogen-bond acceptors (Lipinski definition) is 4. The first kappa shape index (κ1) is 15.9. The maximum Gasteiger partial charge on any atom is 0.272 e. The molecule has 3 rings (SSSR count). The molecule has 0 aromatic carbocycles. The highest BCUT2D eigenvalue weighted by molar-refractivity contribution is 5.92. The summed E-state index contributed by atoms with van der Waals surface area (Å²) in [5.41, 5.74) is 1.36. The molecule has 124 valence electrons. The van der Waals surface area contributed by atoms with E-state index < -0.39 is 0 Å². The molecule has 2 fully saturated rings. The Labute approximate surface area is 137 Å². The summed E-state index contributed by atoms with van der Waals surface area (Å²) in [6.07, 6.45) is 2.25. The Kier molecular flexibility index (Phi) is 4.91. The minimum Gasteiger partial charge on any atom is -0.342 e. The minimum absolute atomic E-state index is 0.0146. The molecular formula is C17H24N4O2. The van der Waals surface area contributed by atoms with Crippen molar-refractivity contribution in [1.82, 2.24) is 19.7 Å². The molecule has 0 bridgehead atoms. The highest BCUT2D eigenvalue weighted by Gasteiger charge is 2.26. The van der Waals surface area contributed by atoms with Crippen molar-refractivity contribution in [3.8, 4) is 0 Å². The normalized spacial score (nSPS) is 19.2. The van der Waals surface area contributed by atoms with Gasteiger partial charge in [0, 0.05) is 45.0 Å². The van der Waals surface area contributed by atoms with Gasteiger partial charge in [-0.25, -0.2) is 4.98 Å². The molecule has 2 amide bonds. The van der Waals surface area contributed by atoms with E-state index in [4.69, 9.17) is 0 Å². The molecule has 6 nitrogen and oxygen atoms in total. The van der Waals surface area contributed by atoms with E-state index in [0.717, 1.165) is 44.7 Å². The molecule has 0 aliphatic carbocycles. The number of piperazine rings is 1. The van der Waals surface area contributed by atoms with Gasteiger partial charge in [0.2, 0.25) is 5.91 Å². The second-order valence-electron chi connectivity index (χ2n) is 6.32. The van der Waals surface area contributed by atoms with Crippen molar-refractivity contribution in [3.05, 3.63) is 29.6 Å². The number of carbonyl (C=O) groups excluding carboxylic acids is 2. The molecule has 1 aromatic rings. The molecule has 2 saturated heterocycles. The summed E-state index contributed by atoms with van der Waals surface area (Å²) in [5.74, 6) is 0.210. The van der Waals surface area contributed by atoms with Crippen LogP contribution in [-0.2, 0) is 4.79 Å². The molecule has 23 heavy (non-hydrogen) atoms. The van der Waals surface area contributed by atoms with Crippen LogP contribution in [0.25, 0.3) is 0 Å². The predicted molar refractivity (Wildman–Crippen MR) is 87.1 cm³/mol. The molecule has 2 aliphatic rings. The van der Waals surface area contributed by atoms with Gasteiger partial charge in [0.15, 0.2) is 0 Å². The summed E-state index contributed by atoms with van der Waals surface area (Å²) in [5, 5.41) is 0. The number of likely N-dealkylation sites (tertiary alicyclic amines) is 1. The van der Waals surface area contributed by atoms with E-state index in [0.29, 0.717) is 25.3 Å². The standard InChI is InChI=1S/C17H24N4O2/c1-14-5-4-6-15(18-14)17(23)21-11-9-19(10-12-21)13-16(22)20-7-2-3-8-20/h4-6H,2-3,7-13H2,1H3. The molecule has 1 aromatic heterocycles. The van der Waals surface area contributed by atoms with Crippen LogP contribution in [0, 0.1) is 6.92 Å². The topological polar surface area (TPSA) is 56.8 Å². The monoisotopic (exact) mass is 316 g/mol. The third-order valence-corrected chi connectivity index (χ3v) is 4.58. The summed E-state index contributed by atoms with van der Waals surface area (Å²) < 4.78 is 0. The van der Waals surface area contributed by atoms with Crippen LogP contribution in [0.2, 0.25) is 0 Å². The molecule has 0 saturated carbocycles. The molecule has 0 unspecified atom stereocenters. The van der Waals surface area contributed by atoms with Gasteiger partial charge in [0.05, 0.1) is 6.54 Å². The molecule has 0 N–H and O–H groups in total. The van der Waals surface area contributed by atoms with Crippen molar-refractivity contribution in [1.29, 1.82) is 0 Å². The Morgan fingerprint density at radius 1 is 1.00 bits per heavy atom. The van der Waals surface area contributed by atoms with Gasteiger partial charge >= 0.3 is 0 Å². The number of carbonyl (C=O) groups is 2. The van der Waals surface area contributed by atoms with Crippen molar-refractivity contribution in [2.45, 2.75) is 19.8 Å². The zero-order chi connectivity index (χ0) is 16.2. The zero-order valence-corrected chi connectivity index (χ0v) is 13.7. The molecule has 2 aliphatic heterocycles. The second-order valence-corrected chi connectivity index (χ2v) is 6.32. The first-order valence-corrected chi connectivity index (χ1v) is 8.36. The lowest BCUT2D eigenvalue weighted by atomic mass is 10.2. The van der Waals surface area contributed by atoms with E-state index >= 15 is 0 Å². The number of rotatable bonds is 3. The summed E-state index contributed by atoms with van der Waals surface area (Å²) >= 11 is 0. The van der Waals surface area contributed by atoms with E-state index in [1.165, 1.54) is 0 Å². The van der Waals surface area contributed by atoms with Crippen molar-refractivity contribution < 1.29 is 9.59 Å². The SMILES string of the molecule is Cc1cccc(C(=O)N2CCN(CC(=O)N3CCCC3)CC2)n1. The summed E-state index contributed by atoms with van der Waals surface area (Å²) in [6, 6.07) is 5.51. The van der Waals surface area contributed by atoms with Crippen molar-refractivity contribution >= 4 is 11.8 Å². The lowest BCUT2D eigenvalue weighted by Crippen LogP contribution is -2.51. The summed E-state index contributed by atoms with van der Waals surface area (Å²) in [4.78, 5) is 34.9. The van der Waals surface area contributed by atoms with Gasteiger partial charge in [0.1, 0.15) is 5.69 Å². The third kappa shape index (κ3) is 3.88. The van der Waals surface area contributed by atoms with Crippen LogP contribution in [0.15, 0.2) is 18.2 Å². The first-order chi connectivity index (χ1) is 11.1. The molecule has 6 heteroatoms. The Balaban J connectivity index is 1.50. The van der Waals surface area contributed by atoms with E-state index in [2.05, 4.69) is 9.88 Å². The lowest BCUT2D eigenvalue weighted by Gasteiger charge is -2.34. The molecule has 3 heterocycles. The van der Waals surface area contributed by atoms with Gasteiger partial charge in [-0.15, -0.1) is 0 Å². The van der Waals surface area contributed by atoms with Gasteiger partial charge in [-0.05, 0) is 31.9 Å². The van der Waals surface area contributed by atoms with E-state index in [1.807, 2.05) is 28.9 Å². The average molecular weight is 316 g/mol. The third-order valence-electron chi connectivity index (χ3n) is 4.58. The average Bonchev–Trinajstić information content (AvgIpc) is 3.09. The number of pyridine rings is 1. The van der Waals surface area contributed by atoms with Crippen molar-refractivity contribution in [3.63, 3.8) is 0 Å². The van der Waals surface area contributed by atoms with Gasteiger partial charge in [-0.2, -0.15) is 0 Å². The Hall–Kier alpha value is -1.95. The van der Waals surface area contributed by atoms with Crippen LogP contribution in [0.4, 0.5) is 0 Å². The lowest BCUT2D eigenvalue weighted by molar-refractivity contribution is -0.131. The fraction of sp³-hybridized carbons (Fsp3) is 0.588. The fourth-order valence-corrected chi connectivity index (χ4v) is 3.19. The van der Waals surface area contributed by atoms with Crippen molar-refractivity contribution in [2.24, 2.45) is 0 Å². The largest absolute Gasteiger partial charge is 0.342 e. The fourth-order valence-electron chi connectivity index (χ4n) is 3.19. The molecular weight excluding hydrogens is 292 g/mol. The first-order valence-electron chi connectivity index (χ1n) is 8.36. The van der Waals surface area contributed by atoms with Crippen LogP contribution in [-0.4, -0.2) is 77.3 Å². The quantitative estimate of drug-likeness (QED) is 0.826. The maximum atomic E-state index is 12.5. The van der Waals surface area contributed by atoms with Crippen LogP contribution in [0.5, 0.6) is 0 Å². The Morgan fingerprint density at radius 2 is 1.70 bits per heavy atom. The predicted octanol–water partition coefficient (Wildman–Crippen LogP) is 0.770. The molecule has 0 radical (unpaired) electrons. The van der Waals surface area contributed by atoms with Crippen LogP contribution < -0.4 is 0 Å².